The third-order valence-electron chi connectivity index (χ3n) is 5.70. The zero-order valence-corrected chi connectivity index (χ0v) is 19.5. The van der Waals surface area contributed by atoms with Gasteiger partial charge >= 0.3 is 7.12 Å². The van der Waals surface area contributed by atoms with Crippen LogP contribution in [0.4, 0.5) is 0 Å². The van der Waals surface area contributed by atoms with Crippen molar-refractivity contribution in [3.63, 3.8) is 0 Å². The van der Waals surface area contributed by atoms with E-state index in [0.717, 1.165) is 12.8 Å². The Morgan fingerprint density at radius 3 is 1.64 bits per heavy atom. The summed E-state index contributed by atoms with van der Waals surface area (Å²) < 4.78 is 12.1. The SMILES string of the molecule is CC(C)S(C#CCC[C@@H](Cl)B1OC(C)(C)C(C)(C)O1)(C(C)C)C(C)C. The molecule has 1 aliphatic rings. The maximum Gasteiger partial charge on any atom is 0.477 e. The molecule has 1 aliphatic heterocycles. The van der Waals surface area contributed by atoms with Crippen LogP contribution < -0.4 is 0 Å². The largest absolute Gasteiger partial charge is 0.477 e. The third kappa shape index (κ3) is 4.92. The third-order valence-corrected chi connectivity index (χ3v) is 11.3. The summed E-state index contributed by atoms with van der Waals surface area (Å²) in [5, 5.41) is 5.35. The van der Waals surface area contributed by atoms with E-state index in [1.165, 1.54) is 0 Å². The molecule has 25 heavy (non-hydrogen) atoms. The van der Waals surface area contributed by atoms with E-state index < -0.39 is 10.0 Å². The second kappa shape index (κ2) is 8.47. The van der Waals surface area contributed by atoms with Gasteiger partial charge in [-0.15, -0.1) is 11.6 Å². The maximum atomic E-state index is 6.57. The van der Waals surface area contributed by atoms with E-state index >= 15 is 0 Å². The van der Waals surface area contributed by atoms with Crippen molar-refractivity contribution in [2.24, 2.45) is 0 Å². The van der Waals surface area contributed by atoms with Crippen LogP contribution in [0, 0.1) is 11.2 Å². The summed E-state index contributed by atoms with van der Waals surface area (Å²) in [4.78, 5) is 0. The molecule has 0 unspecified atom stereocenters. The van der Waals surface area contributed by atoms with Gasteiger partial charge in [-0.1, -0.05) is 52.7 Å². The molecule has 2 nitrogen and oxygen atoms in total. The van der Waals surface area contributed by atoms with Gasteiger partial charge in [-0.2, -0.15) is 10.0 Å². The molecule has 0 bridgehead atoms. The Kier molecular flexibility index (Phi) is 7.87. The molecule has 0 spiro atoms. The van der Waals surface area contributed by atoms with E-state index in [0.29, 0.717) is 15.7 Å². The first-order chi connectivity index (χ1) is 11.3. The lowest BCUT2D eigenvalue weighted by molar-refractivity contribution is 0.00578. The first-order valence-corrected chi connectivity index (χ1v) is 11.8. The van der Waals surface area contributed by atoms with E-state index in [2.05, 4.69) is 80.4 Å². The standard InChI is InChI=1S/C20H38BClO2S/c1-15(2)25(16(3)4,17(5)6)14-12-11-13-18(22)21-23-19(7,8)20(9,10)24-21/h15-18H,11,13H2,1-10H3/t18-/m1/s1. The Labute approximate surface area is 163 Å². The van der Waals surface area contributed by atoms with Gasteiger partial charge in [-0.25, -0.2) is 0 Å². The molecule has 0 aliphatic carbocycles. The van der Waals surface area contributed by atoms with Crippen molar-refractivity contribution < 1.29 is 9.31 Å². The number of rotatable bonds is 6. The van der Waals surface area contributed by atoms with Gasteiger partial charge in [0.25, 0.3) is 0 Å². The monoisotopic (exact) mass is 388 g/mol. The molecule has 0 radical (unpaired) electrons. The molecule has 0 N–H and O–H groups in total. The molecule has 0 aromatic heterocycles. The minimum absolute atomic E-state index is 0.170. The molecule has 1 rings (SSSR count). The Hall–Kier alpha value is 0.185. The van der Waals surface area contributed by atoms with Crippen LogP contribution in [0.2, 0.25) is 0 Å². The van der Waals surface area contributed by atoms with Crippen LogP contribution in [-0.2, 0) is 9.31 Å². The fraction of sp³-hybridized carbons (Fsp3) is 0.900. The second-order valence-electron chi connectivity index (χ2n) is 8.87. The van der Waals surface area contributed by atoms with Crippen molar-refractivity contribution in [1.82, 2.24) is 0 Å². The Morgan fingerprint density at radius 1 is 0.880 bits per heavy atom. The molecule has 1 heterocycles. The number of halogens is 1. The lowest BCUT2D eigenvalue weighted by Crippen LogP contribution is -2.41. The van der Waals surface area contributed by atoms with Crippen LogP contribution >= 0.6 is 21.6 Å². The molecule has 1 saturated heterocycles. The highest BCUT2D eigenvalue weighted by molar-refractivity contribution is 8.38. The van der Waals surface area contributed by atoms with Gasteiger partial charge in [0.15, 0.2) is 0 Å². The Morgan fingerprint density at radius 2 is 1.28 bits per heavy atom. The van der Waals surface area contributed by atoms with Crippen molar-refractivity contribution >= 4 is 28.7 Å². The van der Waals surface area contributed by atoms with E-state index in [1.807, 2.05) is 0 Å². The topological polar surface area (TPSA) is 18.5 Å². The van der Waals surface area contributed by atoms with Crippen LogP contribution in [0.5, 0.6) is 0 Å². The van der Waals surface area contributed by atoms with Crippen LogP contribution in [0.3, 0.4) is 0 Å². The number of hydrogen-bond donors (Lipinski definition) is 0. The first-order valence-electron chi connectivity index (χ1n) is 9.57. The molecule has 5 heteroatoms. The lowest BCUT2D eigenvalue weighted by Gasteiger charge is -2.46. The zero-order valence-electron chi connectivity index (χ0n) is 17.9. The van der Waals surface area contributed by atoms with Gasteiger partial charge in [0.05, 0.1) is 16.5 Å². The number of hydrogen-bond acceptors (Lipinski definition) is 2. The highest BCUT2D eigenvalue weighted by Gasteiger charge is 2.53. The van der Waals surface area contributed by atoms with Crippen molar-refractivity contribution in [2.75, 3.05) is 0 Å². The predicted molar refractivity (Wildman–Crippen MR) is 116 cm³/mol. The van der Waals surface area contributed by atoms with Crippen molar-refractivity contribution in [2.45, 2.75) is 114 Å². The molecule has 1 atom stereocenters. The van der Waals surface area contributed by atoms with Crippen molar-refractivity contribution in [3.8, 4) is 11.2 Å². The average molecular weight is 389 g/mol. The van der Waals surface area contributed by atoms with Gasteiger partial charge in [0.2, 0.25) is 0 Å². The molecule has 0 amide bonds. The van der Waals surface area contributed by atoms with E-state index in [1.54, 1.807) is 0 Å². The van der Waals surface area contributed by atoms with Crippen molar-refractivity contribution in [3.05, 3.63) is 0 Å². The second-order valence-corrected chi connectivity index (χ2v) is 14.0. The van der Waals surface area contributed by atoms with E-state index in [-0.39, 0.29) is 23.6 Å². The minimum Gasteiger partial charge on any atom is -0.402 e. The van der Waals surface area contributed by atoms with Gasteiger partial charge in [0, 0.05) is 6.42 Å². The molecule has 0 aromatic carbocycles. The summed E-state index contributed by atoms with van der Waals surface area (Å²) in [7, 11) is -1.32. The summed E-state index contributed by atoms with van der Waals surface area (Å²) in [5.74, 6) is 3.46. The summed E-state index contributed by atoms with van der Waals surface area (Å²) in [6, 6.07) is 0. The zero-order chi connectivity index (χ0) is 19.6. The minimum atomic E-state index is -0.967. The molecule has 1 fully saturated rings. The van der Waals surface area contributed by atoms with Gasteiger partial charge < -0.3 is 9.31 Å². The molecule has 0 saturated carbocycles. The summed E-state index contributed by atoms with van der Waals surface area (Å²) in [5.41, 5.74) is -0.661. The fourth-order valence-corrected chi connectivity index (χ4v) is 8.08. The smallest absolute Gasteiger partial charge is 0.402 e. The average Bonchev–Trinajstić information content (AvgIpc) is 2.66. The van der Waals surface area contributed by atoms with Crippen LogP contribution in [0.1, 0.15) is 82.1 Å². The van der Waals surface area contributed by atoms with Gasteiger partial charge in [-0.05, 0) is 49.9 Å². The van der Waals surface area contributed by atoms with Crippen LogP contribution in [-0.4, -0.2) is 39.3 Å². The maximum absolute atomic E-state index is 6.57. The van der Waals surface area contributed by atoms with E-state index in [4.69, 9.17) is 20.9 Å². The van der Waals surface area contributed by atoms with Gasteiger partial charge in [-0.3, -0.25) is 0 Å². The summed E-state index contributed by atoms with van der Waals surface area (Å²) in [6.07, 6.45) is 1.58. The van der Waals surface area contributed by atoms with Gasteiger partial charge in [0.1, 0.15) is 0 Å². The lowest BCUT2D eigenvalue weighted by atomic mass is 9.81. The summed E-state index contributed by atoms with van der Waals surface area (Å²) >= 11 is 6.57. The molecule has 0 aromatic rings. The Bertz CT molecular complexity index is 468. The molecular formula is C20H38BClO2S. The normalized spacial score (nSPS) is 21.6. The fourth-order valence-electron chi connectivity index (χ4n) is 3.55. The Balaban J connectivity index is 2.73. The van der Waals surface area contributed by atoms with Crippen molar-refractivity contribution in [1.29, 1.82) is 0 Å². The first kappa shape index (κ1) is 23.2. The van der Waals surface area contributed by atoms with E-state index in [9.17, 15) is 0 Å². The highest BCUT2D eigenvalue weighted by Crippen LogP contribution is 2.59. The highest BCUT2D eigenvalue weighted by atomic mass is 35.5. The van der Waals surface area contributed by atoms with Crippen LogP contribution in [0.15, 0.2) is 0 Å². The number of alkyl halides is 1. The predicted octanol–water partition coefficient (Wildman–Crippen LogP) is 6.00. The summed E-state index contributed by atoms with van der Waals surface area (Å²) in [6.45, 7) is 22.1. The molecular weight excluding hydrogens is 351 g/mol. The van der Waals surface area contributed by atoms with Crippen LogP contribution in [0.25, 0.3) is 0 Å². The quantitative estimate of drug-likeness (QED) is 0.316. The molecule has 146 valence electrons.